The predicted molar refractivity (Wildman–Crippen MR) is 109 cm³/mol. The lowest BCUT2D eigenvalue weighted by Gasteiger charge is -2.22. The predicted octanol–water partition coefficient (Wildman–Crippen LogP) is 3.02. The van der Waals surface area contributed by atoms with Gasteiger partial charge in [-0.15, -0.1) is 0 Å². The van der Waals surface area contributed by atoms with Crippen molar-refractivity contribution in [2.75, 3.05) is 26.8 Å². The van der Waals surface area contributed by atoms with Crippen LogP contribution in [0.15, 0.2) is 0 Å². The minimum Gasteiger partial charge on any atom is -0.438 e. The summed E-state index contributed by atoms with van der Waals surface area (Å²) >= 11 is 0. The van der Waals surface area contributed by atoms with E-state index in [0.717, 1.165) is 12.0 Å². The van der Waals surface area contributed by atoms with Gasteiger partial charge in [0.1, 0.15) is 0 Å². The van der Waals surface area contributed by atoms with Crippen molar-refractivity contribution in [1.29, 1.82) is 0 Å². The number of nitrogens with zero attached hydrogens (tertiary/aromatic N) is 1. The van der Waals surface area contributed by atoms with Gasteiger partial charge in [0.05, 0.1) is 17.0 Å². The van der Waals surface area contributed by atoms with Crippen molar-refractivity contribution in [3.8, 4) is 0 Å². The maximum absolute atomic E-state index is 13.0. The average molecular weight is 467 g/mol. The molecule has 0 heterocycles. The molecule has 0 fully saturated rings. The molecule has 0 atom stereocenters. The summed E-state index contributed by atoms with van der Waals surface area (Å²) in [5.74, 6) is -2.33. The molecule has 12 heteroatoms. The summed E-state index contributed by atoms with van der Waals surface area (Å²) in [4.78, 5) is 51.1. The summed E-state index contributed by atoms with van der Waals surface area (Å²) in [6.07, 6.45) is -0.307. The number of carbonyl (C=O) groups is 4. The first kappa shape index (κ1) is 29.0. The molecule has 0 aromatic heterocycles. The van der Waals surface area contributed by atoms with Crippen LogP contribution in [0.1, 0.15) is 61.3 Å². The van der Waals surface area contributed by atoms with Crippen molar-refractivity contribution in [1.82, 2.24) is 5.06 Å². The van der Waals surface area contributed by atoms with Crippen molar-refractivity contribution in [3.63, 3.8) is 0 Å². The third-order valence-corrected chi connectivity index (χ3v) is 5.40. The Morgan fingerprint density at radius 2 is 1.26 bits per heavy atom. The number of esters is 2. The molecular formula is C19H34NO10P. The molecule has 0 aromatic carbocycles. The number of carbonyl (C=O) groups excluding carboxylic acids is 4. The minimum absolute atomic E-state index is 0.0438. The second kappa shape index (κ2) is 12.2. The molecule has 0 saturated carbocycles. The molecule has 0 N–H and O–H groups in total. The molecule has 0 saturated heterocycles. The van der Waals surface area contributed by atoms with Gasteiger partial charge in [-0.3, -0.25) is 32.8 Å². The van der Waals surface area contributed by atoms with Gasteiger partial charge < -0.3 is 14.3 Å². The van der Waals surface area contributed by atoms with Gasteiger partial charge in [-0.2, -0.15) is 5.06 Å². The van der Waals surface area contributed by atoms with Crippen molar-refractivity contribution in [2.24, 2.45) is 10.8 Å². The van der Waals surface area contributed by atoms with E-state index in [2.05, 4.69) is 4.84 Å². The summed E-state index contributed by atoms with van der Waals surface area (Å²) in [7, 11) is -2.61. The molecule has 31 heavy (non-hydrogen) atoms. The fourth-order valence-corrected chi connectivity index (χ4v) is 3.05. The van der Waals surface area contributed by atoms with Crippen molar-refractivity contribution >= 4 is 31.4 Å². The van der Waals surface area contributed by atoms with E-state index in [0.29, 0.717) is 0 Å². The van der Waals surface area contributed by atoms with E-state index in [1.54, 1.807) is 41.5 Å². The summed E-state index contributed by atoms with van der Waals surface area (Å²) in [6.45, 7) is 9.73. The topological polar surface area (TPSA) is 135 Å². The zero-order valence-corrected chi connectivity index (χ0v) is 20.4. The molecular weight excluding hydrogens is 433 g/mol. The first-order valence-electron chi connectivity index (χ1n) is 9.65. The molecule has 0 aliphatic rings. The Bertz CT molecular complexity index is 657. The highest BCUT2D eigenvalue weighted by Crippen LogP contribution is 2.49. The van der Waals surface area contributed by atoms with Crippen LogP contribution in [0.25, 0.3) is 0 Å². The summed E-state index contributed by atoms with van der Waals surface area (Å²) in [5, 5.41) is 0.769. The Kier molecular flexibility index (Phi) is 11.4. The van der Waals surface area contributed by atoms with Gasteiger partial charge in [0.2, 0.25) is 13.6 Å². The van der Waals surface area contributed by atoms with E-state index in [-0.39, 0.29) is 19.0 Å². The van der Waals surface area contributed by atoms with Gasteiger partial charge in [0.15, 0.2) is 0 Å². The SMILES string of the molecule is CC(=O)ON(C)C(=O)CCCP(=O)(OCOC(=O)C(C)(C)C)OCOC(=O)C(C)(C)C. The molecule has 0 aliphatic heterocycles. The Labute approximate surface area is 183 Å². The smallest absolute Gasteiger partial charge is 0.336 e. The van der Waals surface area contributed by atoms with Crippen LogP contribution in [0, 0.1) is 10.8 Å². The van der Waals surface area contributed by atoms with E-state index in [1.165, 1.54) is 7.05 Å². The van der Waals surface area contributed by atoms with E-state index in [4.69, 9.17) is 18.5 Å². The van der Waals surface area contributed by atoms with Crippen LogP contribution >= 0.6 is 7.60 Å². The Hall–Kier alpha value is -1.97. The zero-order valence-electron chi connectivity index (χ0n) is 19.5. The minimum atomic E-state index is -3.88. The van der Waals surface area contributed by atoms with Crippen molar-refractivity contribution in [2.45, 2.75) is 61.3 Å². The molecule has 0 rings (SSSR count). The van der Waals surface area contributed by atoms with Crippen molar-refractivity contribution in [3.05, 3.63) is 0 Å². The fourth-order valence-electron chi connectivity index (χ4n) is 1.74. The van der Waals surface area contributed by atoms with Crippen LogP contribution in [0.4, 0.5) is 0 Å². The lowest BCUT2D eigenvalue weighted by atomic mass is 9.98. The fraction of sp³-hybridized carbons (Fsp3) is 0.789. The molecule has 0 aliphatic carbocycles. The third-order valence-electron chi connectivity index (χ3n) is 3.54. The standard InChI is InChI=1S/C19H34NO10P/c1-14(21)30-20(8)15(22)10-9-11-31(25,28-12-26-16(23)18(2,3)4)29-13-27-17(24)19(5,6)7/h9-13H2,1-8H3. The Morgan fingerprint density at radius 3 is 1.61 bits per heavy atom. The Balaban J connectivity index is 4.90. The largest absolute Gasteiger partial charge is 0.438 e. The molecule has 0 bridgehead atoms. The van der Waals surface area contributed by atoms with Crippen LogP contribution in [0.5, 0.6) is 0 Å². The summed E-state index contributed by atoms with van der Waals surface area (Å²) < 4.78 is 33.2. The number of rotatable bonds is 10. The first-order valence-corrected chi connectivity index (χ1v) is 11.4. The van der Waals surface area contributed by atoms with Gasteiger partial charge in [-0.05, 0) is 48.0 Å². The lowest BCUT2D eigenvalue weighted by Crippen LogP contribution is -2.28. The van der Waals surface area contributed by atoms with Crippen LogP contribution in [0.3, 0.4) is 0 Å². The van der Waals surface area contributed by atoms with Gasteiger partial charge in [-0.25, -0.2) is 0 Å². The monoisotopic (exact) mass is 467 g/mol. The first-order chi connectivity index (χ1) is 14.0. The van der Waals surface area contributed by atoms with Crippen LogP contribution < -0.4 is 0 Å². The van der Waals surface area contributed by atoms with Gasteiger partial charge in [-0.1, -0.05) is 0 Å². The number of ether oxygens (including phenoxy) is 2. The highest BCUT2D eigenvalue weighted by Gasteiger charge is 2.30. The van der Waals surface area contributed by atoms with Crippen molar-refractivity contribution < 1.29 is 47.1 Å². The number of hydrogen-bond acceptors (Lipinski definition) is 10. The van der Waals surface area contributed by atoms with Gasteiger partial charge >= 0.3 is 25.5 Å². The van der Waals surface area contributed by atoms with Gasteiger partial charge in [0.25, 0.3) is 5.91 Å². The average Bonchev–Trinajstić information content (AvgIpc) is 2.59. The Morgan fingerprint density at radius 1 is 0.839 bits per heavy atom. The normalized spacial score (nSPS) is 12.1. The summed E-state index contributed by atoms with van der Waals surface area (Å²) in [5.41, 5.74) is -1.58. The van der Waals surface area contributed by atoms with E-state index >= 15 is 0 Å². The molecule has 0 aromatic rings. The van der Waals surface area contributed by atoms with E-state index in [1.807, 2.05) is 0 Å². The number of amides is 1. The highest BCUT2D eigenvalue weighted by atomic mass is 31.2. The van der Waals surface area contributed by atoms with Crippen LogP contribution in [0.2, 0.25) is 0 Å². The quantitative estimate of drug-likeness (QED) is 0.204. The zero-order chi connectivity index (χ0) is 24.5. The molecule has 0 unspecified atom stereocenters. The van der Waals surface area contributed by atoms with Crippen LogP contribution in [-0.4, -0.2) is 55.7 Å². The maximum Gasteiger partial charge on any atom is 0.336 e. The van der Waals surface area contributed by atoms with E-state index < -0.39 is 55.8 Å². The molecule has 180 valence electrons. The second-order valence-corrected chi connectivity index (χ2v) is 11.0. The number of hydroxylamine groups is 2. The molecule has 1 amide bonds. The van der Waals surface area contributed by atoms with E-state index in [9.17, 15) is 23.7 Å². The maximum atomic E-state index is 13.0. The third kappa shape index (κ3) is 12.5. The number of hydrogen-bond donors (Lipinski definition) is 0. The van der Waals surface area contributed by atoms with Crippen LogP contribution in [-0.2, 0) is 47.1 Å². The molecule has 0 radical (unpaired) electrons. The molecule has 11 nitrogen and oxygen atoms in total. The molecule has 0 spiro atoms. The summed E-state index contributed by atoms with van der Waals surface area (Å²) in [6, 6.07) is 0. The van der Waals surface area contributed by atoms with Gasteiger partial charge in [0, 0.05) is 20.4 Å². The lowest BCUT2D eigenvalue weighted by molar-refractivity contribution is -0.190. The highest BCUT2D eigenvalue weighted by molar-refractivity contribution is 7.53. The second-order valence-electron chi connectivity index (χ2n) is 8.77.